The molecule has 1 rings (SSSR count). The lowest BCUT2D eigenvalue weighted by Gasteiger charge is -2.12. The van der Waals surface area contributed by atoms with Gasteiger partial charge in [0.15, 0.2) is 0 Å². The first-order valence-corrected chi connectivity index (χ1v) is 8.12. The third-order valence-electron chi connectivity index (χ3n) is 3.36. The van der Waals surface area contributed by atoms with E-state index in [4.69, 9.17) is 4.74 Å². The number of carbonyl (C=O) groups excluding carboxylic acids is 1. The summed E-state index contributed by atoms with van der Waals surface area (Å²) in [5.74, 6) is 0.926. The minimum absolute atomic E-state index is 0.181. The molecule has 2 nitrogen and oxygen atoms in total. The van der Waals surface area contributed by atoms with Gasteiger partial charge < -0.3 is 4.74 Å². The molecule has 0 N–H and O–H groups in total. The maximum absolute atomic E-state index is 11.4. The Bertz CT molecular complexity index is 415. The Morgan fingerprint density at radius 3 is 2.45 bits per heavy atom. The van der Waals surface area contributed by atoms with Crippen molar-refractivity contribution in [3.63, 3.8) is 0 Å². The lowest BCUT2D eigenvalue weighted by molar-refractivity contribution is 0.109. The van der Waals surface area contributed by atoms with Crippen molar-refractivity contribution in [1.82, 2.24) is 0 Å². The molecule has 3 heteroatoms. The average molecular weight is 294 g/mol. The first kappa shape index (κ1) is 17.1. The Kier molecular flexibility index (Phi) is 8.43. The molecule has 0 aliphatic rings. The van der Waals surface area contributed by atoms with E-state index in [0.29, 0.717) is 5.56 Å². The van der Waals surface area contributed by atoms with Gasteiger partial charge in [0.05, 0.1) is 6.61 Å². The molecular formula is C17H26O2S. The molecule has 0 aliphatic carbocycles. The molecule has 0 saturated carbocycles. The van der Waals surface area contributed by atoms with Gasteiger partial charge in [-0.3, -0.25) is 4.79 Å². The molecular weight excluding hydrogens is 268 g/mol. The van der Waals surface area contributed by atoms with Crippen molar-refractivity contribution in [2.24, 2.45) is 0 Å². The Hall–Kier alpha value is -0.960. The molecule has 112 valence electrons. The fourth-order valence-electron chi connectivity index (χ4n) is 2.15. The number of hydrogen-bond acceptors (Lipinski definition) is 2. The van der Waals surface area contributed by atoms with Gasteiger partial charge in [-0.1, -0.05) is 39.5 Å². The van der Waals surface area contributed by atoms with E-state index in [9.17, 15) is 4.79 Å². The van der Waals surface area contributed by atoms with Crippen molar-refractivity contribution in [2.45, 2.75) is 58.8 Å². The Labute approximate surface area is 128 Å². The molecule has 0 atom stereocenters. The van der Waals surface area contributed by atoms with Gasteiger partial charge in [0, 0.05) is 5.56 Å². The van der Waals surface area contributed by atoms with Crippen LogP contribution in [0.4, 0.5) is 0 Å². The predicted molar refractivity (Wildman–Crippen MR) is 88.0 cm³/mol. The number of thiol groups is 1. The highest BCUT2D eigenvalue weighted by molar-refractivity contribution is 7.97. The second-order valence-corrected chi connectivity index (χ2v) is 5.55. The summed E-state index contributed by atoms with van der Waals surface area (Å²) in [5, 5.41) is -0.181. The van der Waals surface area contributed by atoms with Gasteiger partial charge >= 0.3 is 0 Å². The predicted octanol–water partition coefficient (Wildman–Crippen LogP) is 5.06. The smallest absolute Gasteiger partial charge is 0.216 e. The van der Waals surface area contributed by atoms with Crippen LogP contribution in [0, 0.1) is 0 Å². The van der Waals surface area contributed by atoms with Crippen molar-refractivity contribution in [3.05, 3.63) is 29.3 Å². The van der Waals surface area contributed by atoms with E-state index in [0.717, 1.165) is 37.2 Å². The second kappa shape index (κ2) is 9.87. The summed E-state index contributed by atoms with van der Waals surface area (Å²) in [4.78, 5) is 11.4. The zero-order valence-electron chi connectivity index (χ0n) is 12.7. The first-order valence-electron chi connectivity index (χ1n) is 7.68. The molecule has 0 unspecified atom stereocenters. The summed E-state index contributed by atoms with van der Waals surface area (Å²) < 4.78 is 5.87. The number of rotatable bonds is 10. The second-order valence-electron chi connectivity index (χ2n) is 5.14. The summed E-state index contributed by atoms with van der Waals surface area (Å²) in [5.41, 5.74) is 1.79. The van der Waals surface area contributed by atoms with Crippen molar-refractivity contribution >= 4 is 17.7 Å². The summed E-state index contributed by atoms with van der Waals surface area (Å²) in [7, 11) is 0. The number of ether oxygens (including phenoxy) is 1. The highest BCUT2D eigenvalue weighted by atomic mass is 32.1. The van der Waals surface area contributed by atoms with Crippen LogP contribution >= 0.6 is 12.6 Å². The summed E-state index contributed by atoms with van der Waals surface area (Å²) >= 11 is 3.90. The first-order chi connectivity index (χ1) is 9.69. The van der Waals surface area contributed by atoms with Gasteiger partial charge in [0.25, 0.3) is 0 Å². The van der Waals surface area contributed by atoms with Crippen LogP contribution < -0.4 is 4.74 Å². The van der Waals surface area contributed by atoms with Gasteiger partial charge in [0.1, 0.15) is 5.75 Å². The van der Waals surface area contributed by atoms with E-state index < -0.39 is 0 Å². The Morgan fingerprint density at radius 2 is 1.80 bits per heavy atom. The van der Waals surface area contributed by atoms with Crippen LogP contribution in [-0.2, 0) is 6.42 Å². The summed E-state index contributed by atoms with van der Waals surface area (Å²) in [6.07, 6.45) is 7.96. The molecule has 0 bridgehead atoms. The van der Waals surface area contributed by atoms with Crippen molar-refractivity contribution in [3.8, 4) is 5.75 Å². The molecule has 0 heterocycles. The minimum atomic E-state index is -0.181. The van der Waals surface area contributed by atoms with Crippen molar-refractivity contribution in [2.75, 3.05) is 6.61 Å². The van der Waals surface area contributed by atoms with Gasteiger partial charge in [0.2, 0.25) is 5.12 Å². The van der Waals surface area contributed by atoms with Gasteiger partial charge in [-0.15, -0.1) is 12.6 Å². The molecule has 0 aromatic heterocycles. The van der Waals surface area contributed by atoms with E-state index in [1.54, 1.807) is 6.07 Å². The van der Waals surface area contributed by atoms with E-state index in [1.165, 1.54) is 25.7 Å². The summed E-state index contributed by atoms with van der Waals surface area (Å²) in [6, 6.07) is 5.64. The van der Waals surface area contributed by atoms with Crippen LogP contribution in [0.5, 0.6) is 5.75 Å². The molecule has 0 spiro atoms. The molecule has 20 heavy (non-hydrogen) atoms. The number of hydrogen-bond donors (Lipinski definition) is 1. The maximum atomic E-state index is 11.4. The molecule has 0 saturated heterocycles. The number of aryl methyl sites for hydroxylation is 1. The van der Waals surface area contributed by atoms with Crippen LogP contribution in [0.3, 0.4) is 0 Å². The third-order valence-corrected chi connectivity index (χ3v) is 3.62. The average Bonchev–Trinajstić information content (AvgIpc) is 2.44. The van der Waals surface area contributed by atoms with E-state index in [-0.39, 0.29) is 5.12 Å². The topological polar surface area (TPSA) is 26.3 Å². The van der Waals surface area contributed by atoms with Crippen LogP contribution in [0.25, 0.3) is 0 Å². The van der Waals surface area contributed by atoms with Crippen LogP contribution in [0.2, 0.25) is 0 Å². The SMILES string of the molecule is CCCCCOc1ccc(C(=O)S)cc1CCCCC. The van der Waals surface area contributed by atoms with E-state index in [2.05, 4.69) is 26.5 Å². The maximum Gasteiger partial charge on any atom is 0.216 e. The van der Waals surface area contributed by atoms with E-state index in [1.807, 2.05) is 12.1 Å². The molecule has 0 amide bonds. The quantitative estimate of drug-likeness (QED) is 0.482. The van der Waals surface area contributed by atoms with Gasteiger partial charge in [-0.25, -0.2) is 0 Å². The van der Waals surface area contributed by atoms with Crippen LogP contribution in [-0.4, -0.2) is 11.7 Å². The third kappa shape index (κ3) is 6.00. The summed E-state index contributed by atoms with van der Waals surface area (Å²) in [6.45, 7) is 5.13. The molecule has 0 aliphatic heterocycles. The van der Waals surface area contributed by atoms with Crippen LogP contribution in [0.1, 0.15) is 68.3 Å². The highest BCUT2D eigenvalue weighted by Gasteiger charge is 2.08. The van der Waals surface area contributed by atoms with E-state index >= 15 is 0 Å². The standard InChI is InChI=1S/C17H26O2S/c1-3-5-7-9-14-13-15(17(18)20)10-11-16(14)19-12-8-6-4-2/h10-11,13H,3-9,12H2,1-2H3,(H,18,20). The molecule has 0 fully saturated rings. The largest absolute Gasteiger partial charge is 0.493 e. The van der Waals surface area contributed by atoms with Gasteiger partial charge in [-0.05, 0) is 43.0 Å². The number of unbranched alkanes of at least 4 members (excludes halogenated alkanes) is 4. The monoisotopic (exact) mass is 294 g/mol. The lowest BCUT2D eigenvalue weighted by atomic mass is 10.0. The van der Waals surface area contributed by atoms with Crippen LogP contribution in [0.15, 0.2) is 18.2 Å². The van der Waals surface area contributed by atoms with Crippen molar-refractivity contribution < 1.29 is 9.53 Å². The highest BCUT2D eigenvalue weighted by Crippen LogP contribution is 2.23. The molecule has 1 aromatic carbocycles. The number of benzene rings is 1. The van der Waals surface area contributed by atoms with Crippen molar-refractivity contribution in [1.29, 1.82) is 0 Å². The fourth-order valence-corrected chi connectivity index (χ4v) is 2.29. The Balaban J connectivity index is 2.71. The minimum Gasteiger partial charge on any atom is -0.493 e. The molecule has 1 aromatic rings. The normalized spacial score (nSPS) is 10.6. The number of carbonyl (C=O) groups is 1. The zero-order valence-corrected chi connectivity index (χ0v) is 13.5. The zero-order chi connectivity index (χ0) is 14.8. The Morgan fingerprint density at radius 1 is 1.10 bits per heavy atom. The lowest BCUT2D eigenvalue weighted by Crippen LogP contribution is -2.02. The fraction of sp³-hybridized carbons (Fsp3) is 0.588. The molecule has 0 radical (unpaired) electrons. The van der Waals surface area contributed by atoms with Gasteiger partial charge in [-0.2, -0.15) is 0 Å².